The predicted molar refractivity (Wildman–Crippen MR) is 119 cm³/mol. The molecule has 0 heterocycles. The van der Waals surface area contributed by atoms with Gasteiger partial charge in [-0.25, -0.2) is 0 Å². The highest BCUT2D eigenvalue weighted by Gasteiger charge is 2.18. The summed E-state index contributed by atoms with van der Waals surface area (Å²) in [6.07, 6.45) is 5.61. The molecule has 1 atom stereocenters. The zero-order valence-electron chi connectivity index (χ0n) is 16.0. The number of nitrogens with zero attached hydrogens (tertiary/aromatic N) is 1. The van der Waals surface area contributed by atoms with E-state index >= 15 is 0 Å². The van der Waals surface area contributed by atoms with Gasteiger partial charge in [0, 0.05) is 32.5 Å². The average molecular weight is 489 g/mol. The van der Waals surface area contributed by atoms with Gasteiger partial charge < -0.3 is 20.5 Å². The molecule has 0 saturated heterocycles. The minimum atomic E-state index is -0.105. The Balaban J connectivity index is 0.00000364. The van der Waals surface area contributed by atoms with E-state index in [1.54, 1.807) is 7.05 Å². The van der Waals surface area contributed by atoms with Crippen molar-refractivity contribution in [1.82, 2.24) is 10.6 Å². The molecule has 152 valence electrons. The minimum absolute atomic E-state index is 0. The molecule has 1 aromatic rings. The van der Waals surface area contributed by atoms with Crippen molar-refractivity contribution in [3.8, 4) is 0 Å². The lowest BCUT2D eigenvalue weighted by molar-refractivity contribution is -0.148. The summed E-state index contributed by atoms with van der Waals surface area (Å²) in [7, 11) is 1.71. The van der Waals surface area contributed by atoms with Gasteiger partial charge in [0.2, 0.25) is 0 Å². The summed E-state index contributed by atoms with van der Waals surface area (Å²) in [5, 5.41) is 16.0. The van der Waals surface area contributed by atoms with Crippen molar-refractivity contribution in [2.24, 2.45) is 4.99 Å². The number of aliphatic imine (C=N–C) groups is 1. The van der Waals surface area contributed by atoms with Crippen LogP contribution in [0.1, 0.15) is 50.0 Å². The molecule has 7 heteroatoms. The van der Waals surface area contributed by atoms with Crippen molar-refractivity contribution in [3.63, 3.8) is 0 Å². The highest BCUT2D eigenvalue weighted by Crippen LogP contribution is 2.21. The number of benzene rings is 1. The fourth-order valence-electron chi connectivity index (χ4n) is 3.14. The summed E-state index contributed by atoms with van der Waals surface area (Å²) in [6, 6.07) is 9.92. The molecule has 0 aromatic heterocycles. The molecule has 1 aliphatic carbocycles. The molecule has 1 aliphatic rings. The lowest BCUT2D eigenvalue weighted by Crippen LogP contribution is -2.40. The molecule has 0 spiro atoms. The first-order chi connectivity index (χ1) is 12.7. The van der Waals surface area contributed by atoms with Crippen LogP contribution in [0.4, 0.5) is 0 Å². The van der Waals surface area contributed by atoms with Gasteiger partial charge in [-0.15, -0.1) is 24.0 Å². The van der Waals surface area contributed by atoms with Gasteiger partial charge in [0.1, 0.15) is 6.10 Å². The second-order valence-electron chi connectivity index (χ2n) is 6.67. The smallest absolute Gasteiger partial charge is 0.306 e. The maximum absolute atomic E-state index is 11.8. The van der Waals surface area contributed by atoms with Crippen molar-refractivity contribution in [1.29, 1.82) is 0 Å². The van der Waals surface area contributed by atoms with E-state index in [0.717, 1.165) is 18.4 Å². The fourth-order valence-corrected chi connectivity index (χ4v) is 3.14. The quantitative estimate of drug-likeness (QED) is 0.163. The van der Waals surface area contributed by atoms with Gasteiger partial charge in [0.15, 0.2) is 5.96 Å². The summed E-state index contributed by atoms with van der Waals surface area (Å²) in [5.41, 5.74) is 1.09. The van der Waals surface area contributed by atoms with Crippen molar-refractivity contribution >= 4 is 35.9 Å². The summed E-state index contributed by atoms with van der Waals surface area (Å²) < 4.78 is 5.45. The van der Waals surface area contributed by atoms with Crippen LogP contribution >= 0.6 is 24.0 Å². The average Bonchev–Trinajstić information content (AvgIpc) is 3.17. The molecule has 0 bridgehead atoms. The van der Waals surface area contributed by atoms with E-state index in [1.807, 2.05) is 30.3 Å². The molecule has 27 heavy (non-hydrogen) atoms. The molecular weight excluding hydrogens is 457 g/mol. The molecular formula is C20H32IN3O3. The van der Waals surface area contributed by atoms with Gasteiger partial charge in [-0.2, -0.15) is 0 Å². The van der Waals surface area contributed by atoms with Crippen LogP contribution in [0.25, 0.3) is 0 Å². The minimum Gasteiger partial charge on any atom is -0.462 e. The number of aliphatic hydroxyl groups is 1. The molecule has 6 nitrogen and oxygen atoms in total. The van der Waals surface area contributed by atoms with Gasteiger partial charge in [-0.05, 0) is 37.7 Å². The van der Waals surface area contributed by atoms with Crippen molar-refractivity contribution in [2.45, 2.75) is 50.5 Å². The molecule has 1 saturated carbocycles. The van der Waals surface area contributed by atoms with Crippen molar-refractivity contribution < 1.29 is 14.6 Å². The Kier molecular flexibility index (Phi) is 12.1. The monoisotopic (exact) mass is 489 g/mol. The SMILES string of the molecule is CN=C(NCCCC(=O)OC1CCCC1)NCC(CO)c1ccccc1.I. The van der Waals surface area contributed by atoms with Gasteiger partial charge in [0.05, 0.1) is 6.61 Å². The van der Waals surface area contributed by atoms with Crippen molar-refractivity contribution in [2.75, 3.05) is 26.7 Å². The predicted octanol–water partition coefficient (Wildman–Crippen LogP) is 2.81. The van der Waals surface area contributed by atoms with Crippen molar-refractivity contribution in [3.05, 3.63) is 35.9 Å². The van der Waals surface area contributed by atoms with Crippen LogP contribution in [-0.4, -0.2) is 49.9 Å². The number of halogens is 1. The third-order valence-electron chi connectivity index (χ3n) is 4.68. The third kappa shape index (κ3) is 8.92. The molecule has 0 aliphatic heterocycles. The fraction of sp³-hybridized carbons (Fsp3) is 0.600. The molecule has 1 aromatic carbocycles. The zero-order valence-corrected chi connectivity index (χ0v) is 18.4. The Bertz CT molecular complexity index is 563. The Labute approximate surface area is 179 Å². The highest BCUT2D eigenvalue weighted by molar-refractivity contribution is 14.0. The van der Waals surface area contributed by atoms with Crippen LogP contribution in [0.5, 0.6) is 0 Å². The molecule has 1 fully saturated rings. The number of carbonyl (C=O) groups is 1. The van der Waals surface area contributed by atoms with Crippen LogP contribution in [0.2, 0.25) is 0 Å². The molecule has 0 radical (unpaired) electrons. The van der Waals surface area contributed by atoms with Gasteiger partial charge in [-0.1, -0.05) is 30.3 Å². The second-order valence-corrected chi connectivity index (χ2v) is 6.67. The molecule has 1 unspecified atom stereocenters. The highest BCUT2D eigenvalue weighted by atomic mass is 127. The van der Waals surface area contributed by atoms with Crippen LogP contribution in [-0.2, 0) is 9.53 Å². The Morgan fingerprint density at radius 2 is 1.96 bits per heavy atom. The van der Waals surface area contributed by atoms with Crippen LogP contribution in [0.3, 0.4) is 0 Å². The Hall–Kier alpha value is -1.35. The first-order valence-corrected chi connectivity index (χ1v) is 9.52. The van der Waals surface area contributed by atoms with E-state index in [-0.39, 0.29) is 48.6 Å². The number of guanidine groups is 1. The molecule has 3 N–H and O–H groups in total. The van der Waals surface area contributed by atoms with E-state index < -0.39 is 0 Å². The van der Waals surface area contributed by atoms with E-state index in [4.69, 9.17) is 4.74 Å². The van der Waals surface area contributed by atoms with E-state index in [9.17, 15) is 9.90 Å². The van der Waals surface area contributed by atoms with E-state index in [1.165, 1.54) is 12.8 Å². The summed E-state index contributed by atoms with van der Waals surface area (Å²) in [6.45, 7) is 1.31. The zero-order chi connectivity index (χ0) is 18.6. The normalized spacial score (nSPS) is 15.7. The topological polar surface area (TPSA) is 83.0 Å². The summed E-state index contributed by atoms with van der Waals surface area (Å²) in [5.74, 6) is 0.575. The number of nitrogens with one attached hydrogen (secondary N) is 2. The maximum atomic E-state index is 11.8. The summed E-state index contributed by atoms with van der Waals surface area (Å²) in [4.78, 5) is 16.0. The first kappa shape index (κ1) is 23.7. The maximum Gasteiger partial charge on any atom is 0.306 e. The number of ether oxygens (including phenoxy) is 1. The number of rotatable bonds is 9. The second kappa shape index (κ2) is 13.8. The molecule has 0 amide bonds. The van der Waals surface area contributed by atoms with Crippen LogP contribution in [0, 0.1) is 0 Å². The largest absolute Gasteiger partial charge is 0.462 e. The standard InChI is InChI=1S/C20H31N3O3.HI/c1-21-20(23-14-17(15-24)16-8-3-2-4-9-16)22-13-7-12-19(25)26-18-10-5-6-11-18;/h2-4,8-9,17-18,24H,5-7,10-15H2,1H3,(H2,21,22,23);1H. The van der Waals surface area contributed by atoms with Gasteiger partial charge in [-0.3, -0.25) is 9.79 Å². The lowest BCUT2D eigenvalue weighted by atomic mass is 10.0. The van der Waals surface area contributed by atoms with E-state index in [2.05, 4.69) is 15.6 Å². The van der Waals surface area contributed by atoms with Crippen LogP contribution in [0.15, 0.2) is 35.3 Å². The number of esters is 1. The molecule has 2 rings (SSSR count). The van der Waals surface area contributed by atoms with Gasteiger partial charge >= 0.3 is 5.97 Å². The third-order valence-corrected chi connectivity index (χ3v) is 4.68. The first-order valence-electron chi connectivity index (χ1n) is 9.52. The Morgan fingerprint density at radius 3 is 2.59 bits per heavy atom. The number of hydrogen-bond acceptors (Lipinski definition) is 4. The Morgan fingerprint density at radius 1 is 1.26 bits per heavy atom. The number of carbonyl (C=O) groups excluding carboxylic acids is 1. The van der Waals surface area contributed by atoms with Crippen LogP contribution < -0.4 is 10.6 Å². The number of hydrogen-bond donors (Lipinski definition) is 3. The lowest BCUT2D eigenvalue weighted by Gasteiger charge is -2.18. The summed E-state index contributed by atoms with van der Waals surface area (Å²) >= 11 is 0. The van der Waals surface area contributed by atoms with E-state index in [0.29, 0.717) is 31.9 Å². The number of aliphatic hydroxyl groups excluding tert-OH is 1. The van der Waals surface area contributed by atoms with Gasteiger partial charge in [0.25, 0.3) is 0 Å².